The number of rotatable bonds is 3. The summed E-state index contributed by atoms with van der Waals surface area (Å²) in [7, 11) is 0. The van der Waals surface area contributed by atoms with Gasteiger partial charge in [0.1, 0.15) is 16.6 Å². The number of benzene rings is 1. The quantitative estimate of drug-likeness (QED) is 0.290. The van der Waals surface area contributed by atoms with E-state index in [-0.39, 0.29) is 10.7 Å². The van der Waals surface area contributed by atoms with Crippen LogP contribution >= 0.6 is 23.6 Å². The molecule has 2 aliphatic rings. The zero-order chi connectivity index (χ0) is 25.7. The molecule has 0 radical (unpaired) electrons. The maximum atomic E-state index is 13.6. The highest BCUT2D eigenvalue weighted by Gasteiger charge is 2.35. The van der Waals surface area contributed by atoms with E-state index in [0.717, 1.165) is 64.3 Å². The number of anilines is 1. The van der Waals surface area contributed by atoms with Crippen LogP contribution in [0.3, 0.4) is 0 Å². The first-order valence-electron chi connectivity index (χ1n) is 11.9. The van der Waals surface area contributed by atoms with Crippen molar-refractivity contribution < 1.29 is 9.59 Å². The summed E-state index contributed by atoms with van der Waals surface area (Å²) in [5.74, 6) is -0.968. The number of nitriles is 1. The number of aryl methyl sites for hydroxylation is 4. The predicted molar refractivity (Wildman–Crippen MR) is 147 cm³/mol. The summed E-state index contributed by atoms with van der Waals surface area (Å²) < 4.78 is 2.08. The fraction of sp³-hybridized carbons (Fsp3) is 0.286. The molecule has 5 rings (SSSR count). The Morgan fingerprint density at radius 2 is 1.86 bits per heavy atom. The van der Waals surface area contributed by atoms with Crippen LogP contribution < -0.4 is 10.2 Å². The third-order valence-corrected chi connectivity index (χ3v) is 8.49. The predicted octanol–water partition coefficient (Wildman–Crippen LogP) is 5.35. The van der Waals surface area contributed by atoms with E-state index in [0.29, 0.717) is 5.69 Å². The summed E-state index contributed by atoms with van der Waals surface area (Å²) in [6.07, 6.45) is 5.83. The molecule has 1 aromatic carbocycles. The van der Waals surface area contributed by atoms with Gasteiger partial charge in [-0.25, -0.2) is 0 Å². The van der Waals surface area contributed by atoms with E-state index in [4.69, 9.17) is 12.2 Å². The van der Waals surface area contributed by atoms with Crippen LogP contribution in [0.2, 0.25) is 0 Å². The van der Waals surface area contributed by atoms with Crippen molar-refractivity contribution in [3.8, 4) is 11.1 Å². The lowest BCUT2D eigenvalue weighted by Crippen LogP contribution is -2.54. The number of nitrogens with zero attached hydrogens (tertiary/aromatic N) is 3. The van der Waals surface area contributed by atoms with Crippen LogP contribution in [0, 0.1) is 39.0 Å². The number of carbonyl (C=O) groups is 2. The molecule has 0 spiro atoms. The Labute approximate surface area is 219 Å². The lowest BCUT2D eigenvalue weighted by atomic mass is 9.96. The Balaban J connectivity index is 1.58. The minimum Gasteiger partial charge on any atom is -0.308 e. The van der Waals surface area contributed by atoms with Gasteiger partial charge in [0, 0.05) is 16.3 Å². The summed E-state index contributed by atoms with van der Waals surface area (Å²) in [4.78, 5) is 29.1. The Hall–Kier alpha value is -3.54. The van der Waals surface area contributed by atoms with Crippen molar-refractivity contribution >= 4 is 52.2 Å². The normalized spacial score (nSPS) is 16.8. The number of hydrogen-bond acceptors (Lipinski definition) is 5. The molecule has 182 valence electrons. The first kappa shape index (κ1) is 24.2. The van der Waals surface area contributed by atoms with Crippen LogP contribution in [-0.4, -0.2) is 21.5 Å². The molecule has 0 saturated carbocycles. The van der Waals surface area contributed by atoms with E-state index >= 15 is 0 Å². The minimum absolute atomic E-state index is 0.0230. The molecule has 2 aromatic heterocycles. The molecule has 0 bridgehead atoms. The van der Waals surface area contributed by atoms with E-state index in [2.05, 4.69) is 16.0 Å². The molecule has 3 heterocycles. The molecule has 0 atom stereocenters. The average molecular weight is 515 g/mol. The summed E-state index contributed by atoms with van der Waals surface area (Å²) in [5, 5.41) is 13.6. The van der Waals surface area contributed by atoms with Crippen LogP contribution in [0.1, 0.15) is 56.9 Å². The monoisotopic (exact) mass is 514 g/mol. The second-order valence-electron chi connectivity index (χ2n) is 9.41. The maximum Gasteiger partial charge on any atom is 0.270 e. The standard InChI is InChI=1S/C28H26N4O2S2/c1-15-9-10-23(16(2)11-15)32-26(34)21(25(33)30-28(32)35)13-19-12-17(3)31(18(19)4)27-22(14-29)20-7-5-6-8-24(20)36-27/h9-13H,5-8H2,1-4H3,(H,30,33,35)/b21-13+. The minimum atomic E-state index is -0.514. The van der Waals surface area contributed by atoms with Gasteiger partial charge in [-0.05, 0) is 100 Å². The van der Waals surface area contributed by atoms with Gasteiger partial charge < -0.3 is 4.57 Å². The number of thiophene rings is 1. The molecule has 6 nitrogen and oxygen atoms in total. The number of amides is 2. The largest absolute Gasteiger partial charge is 0.308 e. The van der Waals surface area contributed by atoms with Gasteiger partial charge >= 0.3 is 0 Å². The van der Waals surface area contributed by atoms with Crippen LogP contribution in [-0.2, 0) is 22.4 Å². The Morgan fingerprint density at radius 1 is 1.11 bits per heavy atom. The maximum absolute atomic E-state index is 13.6. The number of aromatic nitrogens is 1. The average Bonchev–Trinajstić information content (AvgIpc) is 3.33. The van der Waals surface area contributed by atoms with Gasteiger partial charge in [0.15, 0.2) is 5.11 Å². The van der Waals surface area contributed by atoms with Crippen molar-refractivity contribution in [3.63, 3.8) is 0 Å². The number of nitrogens with one attached hydrogen (secondary N) is 1. The van der Waals surface area contributed by atoms with Gasteiger partial charge in [0.2, 0.25) is 0 Å². The second-order valence-corrected chi connectivity index (χ2v) is 10.9. The van der Waals surface area contributed by atoms with Gasteiger partial charge in [-0.15, -0.1) is 11.3 Å². The lowest BCUT2D eigenvalue weighted by Gasteiger charge is -2.30. The zero-order valence-corrected chi connectivity index (χ0v) is 22.3. The molecule has 0 unspecified atom stereocenters. The highest BCUT2D eigenvalue weighted by molar-refractivity contribution is 7.80. The van der Waals surface area contributed by atoms with Crippen LogP contribution in [0.15, 0.2) is 29.8 Å². The van der Waals surface area contributed by atoms with E-state index in [9.17, 15) is 14.9 Å². The first-order chi connectivity index (χ1) is 17.2. The van der Waals surface area contributed by atoms with Crippen LogP contribution in [0.4, 0.5) is 5.69 Å². The number of hydrogen-bond donors (Lipinski definition) is 1. The van der Waals surface area contributed by atoms with Crippen molar-refractivity contribution in [1.29, 1.82) is 5.26 Å². The van der Waals surface area contributed by atoms with Gasteiger partial charge in [-0.3, -0.25) is 19.8 Å². The highest BCUT2D eigenvalue weighted by Crippen LogP contribution is 2.38. The first-order valence-corrected chi connectivity index (χ1v) is 13.2. The Kier molecular flexibility index (Phi) is 6.15. The van der Waals surface area contributed by atoms with Crippen molar-refractivity contribution in [2.75, 3.05) is 4.90 Å². The van der Waals surface area contributed by atoms with Crippen molar-refractivity contribution in [3.05, 3.63) is 73.9 Å². The van der Waals surface area contributed by atoms with Gasteiger partial charge in [-0.1, -0.05) is 17.7 Å². The Morgan fingerprint density at radius 3 is 2.58 bits per heavy atom. The third-order valence-electron chi connectivity index (χ3n) is 6.93. The molecule has 3 aromatic rings. The van der Waals surface area contributed by atoms with E-state index in [1.807, 2.05) is 52.0 Å². The molecule has 1 aliphatic carbocycles. The molecular weight excluding hydrogens is 488 g/mol. The topological polar surface area (TPSA) is 78.1 Å². The van der Waals surface area contributed by atoms with Crippen molar-refractivity contribution in [2.24, 2.45) is 0 Å². The van der Waals surface area contributed by atoms with E-state index in [1.54, 1.807) is 17.4 Å². The Bertz CT molecular complexity index is 1530. The molecular formula is C28H26N4O2S2. The van der Waals surface area contributed by atoms with Crippen LogP contribution in [0.25, 0.3) is 11.1 Å². The molecule has 1 N–H and O–H groups in total. The molecule has 1 saturated heterocycles. The summed E-state index contributed by atoms with van der Waals surface area (Å²) in [5.41, 5.74) is 7.14. The molecule has 1 aliphatic heterocycles. The van der Waals surface area contributed by atoms with E-state index < -0.39 is 11.8 Å². The number of fused-ring (bicyclic) bond motifs is 1. The second kappa shape index (κ2) is 9.16. The lowest BCUT2D eigenvalue weighted by molar-refractivity contribution is -0.122. The molecule has 1 fully saturated rings. The smallest absolute Gasteiger partial charge is 0.270 e. The number of carbonyl (C=O) groups excluding carboxylic acids is 2. The highest BCUT2D eigenvalue weighted by atomic mass is 32.1. The van der Waals surface area contributed by atoms with Crippen molar-refractivity contribution in [2.45, 2.75) is 53.4 Å². The molecule has 2 amide bonds. The number of thiocarbonyl (C=S) groups is 1. The SMILES string of the molecule is Cc1ccc(N2C(=O)/C(=C/c3cc(C)n(-c4sc5c(c4C#N)CCCC5)c3C)C(=O)NC2=S)c(C)c1. The van der Waals surface area contributed by atoms with Gasteiger partial charge in [0.25, 0.3) is 11.8 Å². The van der Waals surface area contributed by atoms with Crippen molar-refractivity contribution in [1.82, 2.24) is 9.88 Å². The van der Waals surface area contributed by atoms with Gasteiger partial charge in [0.05, 0.1) is 11.3 Å². The fourth-order valence-corrected chi connectivity index (χ4v) is 6.88. The zero-order valence-electron chi connectivity index (χ0n) is 20.7. The van der Waals surface area contributed by atoms with Gasteiger partial charge in [-0.2, -0.15) is 5.26 Å². The molecule has 36 heavy (non-hydrogen) atoms. The fourth-order valence-electron chi connectivity index (χ4n) is 5.16. The summed E-state index contributed by atoms with van der Waals surface area (Å²) >= 11 is 7.05. The molecule has 8 heteroatoms. The summed E-state index contributed by atoms with van der Waals surface area (Å²) in [6, 6.07) is 10.1. The third kappa shape index (κ3) is 3.89. The van der Waals surface area contributed by atoms with E-state index in [1.165, 1.54) is 15.3 Å². The summed E-state index contributed by atoms with van der Waals surface area (Å²) in [6.45, 7) is 7.84. The van der Waals surface area contributed by atoms with Crippen LogP contribution in [0.5, 0.6) is 0 Å².